The van der Waals surface area contributed by atoms with Crippen LogP contribution in [-0.4, -0.2) is 60.0 Å². The highest BCUT2D eigenvalue weighted by Crippen LogP contribution is 2.14. The van der Waals surface area contributed by atoms with Gasteiger partial charge in [-0.1, -0.05) is 0 Å². The van der Waals surface area contributed by atoms with Crippen LogP contribution in [0, 0.1) is 0 Å². The minimum atomic E-state index is -3.12. The summed E-state index contributed by atoms with van der Waals surface area (Å²) >= 11 is 1.48. The first-order chi connectivity index (χ1) is 10.4. The van der Waals surface area contributed by atoms with E-state index in [1.54, 1.807) is 16.9 Å². The Labute approximate surface area is 132 Å². The third kappa shape index (κ3) is 5.53. The maximum Gasteiger partial charge on any atom is 0.407 e. The molecule has 0 fully saturated rings. The Hall–Kier alpha value is -1.81. The van der Waals surface area contributed by atoms with Gasteiger partial charge in [0.15, 0.2) is 15.5 Å². The van der Waals surface area contributed by atoms with Gasteiger partial charge in [0.2, 0.25) is 0 Å². The van der Waals surface area contributed by atoms with Gasteiger partial charge in [-0.25, -0.2) is 22.7 Å². The van der Waals surface area contributed by atoms with E-state index in [9.17, 15) is 13.2 Å². The third-order valence-corrected chi connectivity index (χ3v) is 4.37. The van der Waals surface area contributed by atoms with Gasteiger partial charge in [0.05, 0.1) is 5.75 Å². The van der Waals surface area contributed by atoms with E-state index in [1.165, 1.54) is 11.8 Å². The van der Waals surface area contributed by atoms with Crippen molar-refractivity contribution in [1.82, 2.24) is 19.9 Å². The molecule has 0 bridgehead atoms. The molecule has 10 heteroatoms. The van der Waals surface area contributed by atoms with Crippen molar-refractivity contribution in [2.45, 2.75) is 5.03 Å². The summed E-state index contributed by atoms with van der Waals surface area (Å²) < 4.78 is 28.2. The first-order valence-corrected chi connectivity index (χ1v) is 9.50. The molecule has 1 amide bonds. The molecule has 2 rings (SSSR count). The predicted molar refractivity (Wildman–Crippen MR) is 82.8 cm³/mol. The van der Waals surface area contributed by atoms with Crippen LogP contribution in [0.2, 0.25) is 0 Å². The molecule has 0 atom stereocenters. The maximum absolute atomic E-state index is 11.3. The Morgan fingerprint density at radius 1 is 1.45 bits per heavy atom. The SMILES string of the molecule is CS(=O)(=O)CCOC(=O)NCCSc1ccc2nccn2n1. The quantitative estimate of drug-likeness (QED) is 0.579. The van der Waals surface area contributed by atoms with Crippen molar-refractivity contribution in [3.05, 3.63) is 24.5 Å². The van der Waals surface area contributed by atoms with Crippen molar-refractivity contribution in [2.75, 3.05) is 30.9 Å². The number of fused-ring (bicyclic) bond motifs is 1. The van der Waals surface area contributed by atoms with Crippen LogP contribution in [0.4, 0.5) is 4.79 Å². The molecule has 8 nitrogen and oxygen atoms in total. The Morgan fingerprint density at radius 3 is 3.05 bits per heavy atom. The van der Waals surface area contributed by atoms with Crippen LogP contribution in [0.5, 0.6) is 0 Å². The van der Waals surface area contributed by atoms with Crippen molar-refractivity contribution in [1.29, 1.82) is 0 Å². The summed E-state index contributed by atoms with van der Waals surface area (Å²) in [5, 5.41) is 7.70. The molecular formula is C12H16N4O4S2. The molecule has 2 heterocycles. The average Bonchev–Trinajstić information content (AvgIpc) is 2.89. The number of hydrogen-bond donors (Lipinski definition) is 1. The smallest absolute Gasteiger partial charge is 0.407 e. The van der Waals surface area contributed by atoms with Gasteiger partial charge in [0.25, 0.3) is 0 Å². The molecule has 0 aliphatic heterocycles. The minimum Gasteiger partial charge on any atom is -0.448 e. The standard InChI is InChI=1S/C12H16N4O4S2/c1-22(18,19)9-7-20-12(17)14-5-8-21-11-3-2-10-13-4-6-16(10)15-11/h2-4,6H,5,7-9H2,1H3,(H,14,17). The maximum atomic E-state index is 11.3. The molecule has 0 unspecified atom stereocenters. The zero-order valence-electron chi connectivity index (χ0n) is 11.9. The highest BCUT2D eigenvalue weighted by atomic mass is 32.2. The van der Waals surface area contributed by atoms with Crippen molar-refractivity contribution in [3.63, 3.8) is 0 Å². The van der Waals surface area contributed by atoms with E-state index in [2.05, 4.69) is 15.4 Å². The molecule has 0 saturated heterocycles. The van der Waals surface area contributed by atoms with Gasteiger partial charge in [-0.05, 0) is 12.1 Å². The fourth-order valence-corrected chi connectivity index (χ4v) is 2.63. The van der Waals surface area contributed by atoms with E-state index in [1.807, 2.05) is 12.1 Å². The van der Waals surface area contributed by atoms with E-state index < -0.39 is 15.9 Å². The average molecular weight is 344 g/mol. The number of alkyl carbamates (subject to hydrolysis) is 1. The summed E-state index contributed by atoms with van der Waals surface area (Å²) in [5.74, 6) is 0.443. The lowest BCUT2D eigenvalue weighted by molar-refractivity contribution is 0.153. The van der Waals surface area contributed by atoms with Gasteiger partial charge in [-0.3, -0.25) is 0 Å². The number of carbonyl (C=O) groups is 1. The zero-order chi connectivity index (χ0) is 16.0. The number of nitrogens with one attached hydrogen (secondary N) is 1. The van der Waals surface area contributed by atoms with Crippen LogP contribution in [0.15, 0.2) is 29.6 Å². The lowest BCUT2D eigenvalue weighted by Crippen LogP contribution is -2.28. The van der Waals surface area contributed by atoms with Gasteiger partial charge in [-0.15, -0.1) is 11.8 Å². The zero-order valence-corrected chi connectivity index (χ0v) is 13.6. The van der Waals surface area contributed by atoms with Gasteiger partial charge in [0, 0.05) is 30.9 Å². The summed E-state index contributed by atoms with van der Waals surface area (Å²) in [4.78, 5) is 15.4. The molecule has 1 N–H and O–H groups in total. The Balaban J connectivity index is 1.65. The summed E-state index contributed by atoms with van der Waals surface area (Å²) in [5.41, 5.74) is 0.775. The molecule has 0 radical (unpaired) electrons. The largest absolute Gasteiger partial charge is 0.448 e. The van der Waals surface area contributed by atoms with Crippen molar-refractivity contribution in [2.24, 2.45) is 0 Å². The molecule has 2 aromatic heterocycles. The predicted octanol–water partition coefficient (Wildman–Crippen LogP) is 0.592. The number of imidazole rings is 1. The second-order valence-corrected chi connectivity index (χ2v) is 7.82. The van der Waals surface area contributed by atoms with Crippen LogP contribution in [0.3, 0.4) is 0 Å². The molecule has 0 aliphatic rings. The van der Waals surface area contributed by atoms with E-state index in [-0.39, 0.29) is 12.4 Å². The van der Waals surface area contributed by atoms with Crippen molar-refractivity contribution < 1.29 is 17.9 Å². The summed E-state index contributed by atoms with van der Waals surface area (Å²) in [6, 6.07) is 3.72. The first kappa shape index (κ1) is 16.6. The minimum absolute atomic E-state index is 0.142. The molecular weight excluding hydrogens is 328 g/mol. The number of carbonyl (C=O) groups excluding carboxylic acids is 1. The molecule has 0 saturated carbocycles. The van der Waals surface area contributed by atoms with Crippen molar-refractivity contribution >= 4 is 33.3 Å². The van der Waals surface area contributed by atoms with Crippen LogP contribution in [-0.2, 0) is 14.6 Å². The fraction of sp³-hybridized carbons (Fsp3) is 0.417. The number of ether oxygens (including phenoxy) is 1. The topological polar surface area (TPSA) is 103 Å². The first-order valence-electron chi connectivity index (χ1n) is 6.45. The number of hydrogen-bond acceptors (Lipinski definition) is 7. The Morgan fingerprint density at radius 2 is 2.27 bits per heavy atom. The van der Waals surface area contributed by atoms with Gasteiger partial charge in [-0.2, -0.15) is 5.10 Å². The second-order valence-electron chi connectivity index (χ2n) is 4.44. The number of rotatable bonds is 7. The van der Waals surface area contributed by atoms with Gasteiger partial charge in [0.1, 0.15) is 11.6 Å². The molecule has 0 spiro atoms. The van der Waals surface area contributed by atoms with E-state index in [4.69, 9.17) is 4.74 Å². The van der Waals surface area contributed by atoms with Crippen molar-refractivity contribution in [3.8, 4) is 0 Å². The number of sulfone groups is 1. The van der Waals surface area contributed by atoms with Gasteiger partial charge >= 0.3 is 6.09 Å². The van der Waals surface area contributed by atoms with Gasteiger partial charge < -0.3 is 10.1 Å². The lowest BCUT2D eigenvalue weighted by atomic mass is 10.6. The van der Waals surface area contributed by atoms with Crippen LogP contribution < -0.4 is 5.32 Å². The highest BCUT2D eigenvalue weighted by Gasteiger charge is 2.06. The van der Waals surface area contributed by atoms with Crippen LogP contribution >= 0.6 is 11.8 Å². The molecule has 0 aliphatic carbocycles. The summed E-state index contributed by atoms with van der Waals surface area (Å²) in [6.07, 6.45) is 3.90. The summed E-state index contributed by atoms with van der Waals surface area (Å²) in [7, 11) is -3.12. The van der Waals surface area contributed by atoms with E-state index in [0.717, 1.165) is 16.9 Å². The Kier molecular flexibility index (Phi) is 5.61. The summed E-state index contributed by atoms with van der Waals surface area (Å²) in [6.45, 7) is 0.253. The number of aromatic nitrogens is 3. The second kappa shape index (κ2) is 7.45. The number of thioether (sulfide) groups is 1. The normalized spacial score (nSPS) is 11.5. The third-order valence-electron chi connectivity index (χ3n) is 2.54. The van der Waals surface area contributed by atoms with Crippen LogP contribution in [0.1, 0.15) is 0 Å². The number of nitrogens with zero attached hydrogens (tertiary/aromatic N) is 3. The highest BCUT2D eigenvalue weighted by molar-refractivity contribution is 7.99. The Bertz CT molecular complexity index is 744. The fourth-order valence-electron chi connectivity index (χ4n) is 1.52. The molecule has 120 valence electrons. The monoisotopic (exact) mass is 344 g/mol. The molecule has 2 aromatic rings. The van der Waals surface area contributed by atoms with Crippen LogP contribution in [0.25, 0.3) is 5.65 Å². The lowest BCUT2D eigenvalue weighted by Gasteiger charge is -2.06. The van der Waals surface area contributed by atoms with E-state index in [0.29, 0.717) is 12.3 Å². The molecule has 22 heavy (non-hydrogen) atoms. The molecule has 0 aromatic carbocycles. The van der Waals surface area contributed by atoms with E-state index >= 15 is 0 Å². The number of amides is 1.